The monoisotopic (exact) mass is 499 g/mol. The molecule has 1 aliphatic heterocycles. The van der Waals surface area contributed by atoms with E-state index in [0.717, 1.165) is 37.7 Å². The van der Waals surface area contributed by atoms with Crippen molar-refractivity contribution in [1.82, 2.24) is 4.90 Å². The highest BCUT2D eigenvalue weighted by Crippen LogP contribution is 2.82. The van der Waals surface area contributed by atoms with Gasteiger partial charge in [0.15, 0.2) is 6.29 Å². The van der Waals surface area contributed by atoms with Crippen molar-refractivity contribution >= 4 is 12.3 Å². The fourth-order valence-corrected chi connectivity index (χ4v) is 9.31. The zero-order valence-corrected chi connectivity index (χ0v) is 23.0. The minimum absolute atomic E-state index is 0.0540. The quantitative estimate of drug-likeness (QED) is 0.377. The summed E-state index contributed by atoms with van der Waals surface area (Å²) in [4.78, 5) is 29.1. The number of carbonyl (C=O) groups is 2. The molecule has 1 heterocycles. The molecule has 0 amide bonds. The van der Waals surface area contributed by atoms with E-state index in [1.807, 2.05) is 0 Å². The molecular weight excluding hydrogens is 454 g/mol. The summed E-state index contributed by atoms with van der Waals surface area (Å²) in [6, 6.07) is 0.304. The third-order valence-electron chi connectivity index (χ3n) is 10.9. The zero-order valence-electron chi connectivity index (χ0n) is 23.0. The van der Waals surface area contributed by atoms with Crippen LogP contribution in [-0.2, 0) is 19.1 Å². The Morgan fingerprint density at radius 1 is 1.28 bits per heavy atom. The van der Waals surface area contributed by atoms with Crippen LogP contribution in [0.2, 0.25) is 0 Å². The van der Waals surface area contributed by atoms with Crippen LogP contribution in [0.3, 0.4) is 0 Å². The van der Waals surface area contributed by atoms with E-state index in [2.05, 4.69) is 58.6 Å². The van der Waals surface area contributed by atoms with E-state index in [1.54, 1.807) is 0 Å². The standard InChI is InChI=1S/C30H45NO5/c1-18(2)9-10-31-14-26(35-15-21(31)6)36-17-29-13-23-20(5)7-8-24(23)28(16-32)12-22(29)11-25(19(3)4)30(28,29)27(33)34/h9,11,16,19-24,26H,7-8,10,12-15,17H2,1-6H3,(H,33,34)/t20-,21-,22+,23-,24-,26+,28+,29+,30+/m1/s1. The van der Waals surface area contributed by atoms with Crippen LogP contribution in [0.5, 0.6) is 0 Å². The van der Waals surface area contributed by atoms with Crippen molar-refractivity contribution in [3.05, 3.63) is 23.3 Å². The van der Waals surface area contributed by atoms with Crippen LogP contribution < -0.4 is 0 Å². The number of rotatable bonds is 8. The highest BCUT2D eigenvalue weighted by Gasteiger charge is 2.84. The molecule has 0 aromatic carbocycles. The molecule has 4 fully saturated rings. The lowest BCUT2D eigenvalue weighted by atomic mass is 9.43. The molecule has 200 valence electrons. The van der Waals surface area contributed by atoms with Gasteiger partial charge in [-0.05, 0) is 69.6 Å². The Morgan fingerprint density at radius 3 is 2.67 bits per heavy atom. The SMILES string of the molecule is CC(C)=CCN1C[C@H](OC[C@@]23C[C@@H]4[C@H](C)CC[C@H]4[C@@]4(C=O)C[C@@H]2C=C(C(C)C)[C@@]34C(=O)O)OC[C@H]1C. The van der Waals surface area contributed by atoms with E-state index in [1.165, 1.54) is 5.57 Å². The summed E-state index contributed by atoms with van der Waals surface area (Å²) in [5.41, 5.74) is -0.378. The molecule has 6 nitrogen and oxygen atoms in total. The average Bonchev–Trinajstić information content (AvgIpc) is 3.40. The lowest BCUT2D eigenvalue weighted by Gasteiger charge is -2.58. The van der Waals surface area contributed by atoms with Crippen LogP contribution in [-0.4, -0.2) is 60.9 Å². The Morgan fingerprint density at radius 2 is 2.03 bits per heavy atom. The second-order valence-electron chi connectivity index (χ2n) is 13.1. The Hall–Kier alpha value is -1.50. The predicted molar refractivity (Wildman–Crippen MR) is 138 cm³/mol. The third-order valence-corrected chi connectivity index (χ3v) is 10.9. The van der Waals surface area contributed by atoms with Gasteiger partial charge in [0.1, 0.15) is 11.7 Å². The Labute approximate surface area is 216 Å². The summed E-state index contributed by atoms with van der Waals surface area (Å²) in [7, 11) is 0. The van der Waals surface area contributed by atoms with Gasteiger partial charge in [0.2, 0.25) is 0 Å². The van der Waals surface area contributed by atoms with Crippen LogP contribution in [0, 0.1) is 45.8 Å². The van der Waals surface area contributed by atoms with Gasteiger partial charge in [-0.25, -0.2) is 0 Å². The molecule has 0 radical (unpaired) electrons. The lowest BCUT2D eigenvalue weighted by Crippen LogP contribution is -2.64. The fraction of sp³-hybridized carbons (Fsp3) is 0.800. The van der Waals surface area contributed by atoms with Gasteiger partial charge in [0.25, 0.3) is 0 Å². The Bertz CT molecular complexity index is 968. The highest BCUT2D eigenvalue weighted by atomic mass is 16.7. The number of aldehydes is 1. The largest absolute Gasteiger partial charge is 0.481 e. The summed E-state index contributed by atoms with van der Waals surface area (Å²) in [5, 5.41) is 11.1. The van der Waals surface area contributed by atoms with E-state index < -0.39 is 22.2 Å². The molecule has 4 bridgehead atoms. The summed E-state index contributed by atoms with van der Waals surface area (Å²) in [5.74, 6) is 0.335. The predicted octanol–water partition coefficient (Wildman–Crippen LogP) is 4.94. The maximum Gasteiger partial charge on any atom is 0.315 e. The van der Waals surface area contributed by atoms with E-state index >= 15 is 0 Å². The molecule has 0 aromatic heterocycles. The molecule has 5 rings (SSSR count). The first-order chi connectivity index (χ1) is 17.0. The average molecular weight is 500 g/mol. The topological polar surface area (TPSA) is 76.1 Å². The molecule has 4 aliphatic carbocycles. The first kappa shape index (κ1) is 26.1. The van der Waals surface area contributed by atoms with Gasteiger partial charge in [0.05, 0.1) is 25.2 Å². The van der Waals surface area contributed by atoms with Gasteiger partial charge in [-0.3, -0.25) is 9.69 Å². The van der Waals surface area contributed by atoms with Crippen molar-refractivity contribution in [2.75, 3.05) is 26.3 Å². The van der Waals surface area contributed by atoms with Gasteiger partial charge >= 0.3 is 5.97 Å². The number of hydrogen-bond donors (Lipinski definition) is 1. The number of carboxylic acids is 1. The summed E-state index contributed by atoms with van der Waals surface area (Å²) in [6.07, 6.45) is 8.66. The molecule has 3 saturated carbocycles. The molecule has 9 atom stereocenters. The minimum atomic E-state index is -1.19. The van der Waals surface area contributed by atoms with Crippen molar-refractivity contribution in [2.45, 2.75) is 79.6 Å². The van der Waals surface area contributed by atoms with Crippen molar-refractivity contribution in [3.8, 4) is 0 Å². The van der Waals surface area contributed by atoms with Gasteiger partial charge < -0.3 is 19.4 Å². The molecule has 0 spiro atoms. The molecule has 36 heavy (non-hydrogen) atoms. The van der Waals surface area contributed by atoms with Gasteiger partial charge in [0, 0.05) is 18.0 Å². The summed E-state index contributed by atoms with van der Waals surface area (Å²) < 4.78 is 12.7. The van der Waals surface area contributed by atoms with Crippen LogP contribution in [0.25, 0.3) is 0 Å². The van der Waals surface area contributed by atoms with Crippen LogP contribution in [0.1, 0.15) is 67.2 Å². The number of fused-ring (bicyclic) bond motifs is 2. The van der Waals surface area contributed by atoms with Gasteiger partial charge in [-0.15, -0.1) is 0 Å². The van der Waals surface area contributed by atoms with Gasteiger partial charge in [-0.1, -0.05) is 50.5 Å². The van der Waals surface area contributed by atoms with Crippen LogP contribution in [0.15, 0.2) is 23.3 Å². The molecule has 6 heteroatoms. The van der Waals surface area contributed by atoms with Crippen molar-refractivity contribution < 1.29 is 24.2 Å². The summed E-state index contributed by atoms with van der Waals surface area (Å²) in [6.45, 7) is 15.3. The number of nitrogens with zero attached hydrogens (tertiary/aromatic N) is 1. The second kappa shape index (κ2) is 9.06. The summed E-state index contributed by atoms with van der Waals surface area (Å²) >= 11 is 0. The fourth-order valence-electron chi connectivity index (χ4n) is 9.31. The van der Waals surface area contributed by atoms with Gasteiger partial charge in [-0.2, -0.15) is 0 Å². The minimum Gasteiger partial charge on any atom is -0.481 e. The molecule has 1 N–H and O–H groups in total. The number of allylic oxidation sites excluding steroid dienone is 2. The maximum atomic E-state index is 13.5. The van der Waals surface area contributed by atoms with E-state index in [0.29, 0.717) is 44.1 Å². The smallest absolute Gasteiger partial charge is 0.315 e. The second-order valence-corrected chi connectivity index (χ2v) is 13.1. The number of aliphatic carboxylic acids is 1. The number of carboxylic acid groups (broad SMARTS) is 1. The molecular formula is C30H45NO5. The Kier molecular flexibility index (Phi) is 6.57. The van der Waals surface area contributed by atoms with E-state index in [-0.39, 0.29) is 24.0 Å². The lowest BCUT2D eigenvalue weighted by molar-refractivity contribution is -0.227. The molecule has 1 saturated heterocycles. The maximum absolute atomic E-state index is 13.5. The zero-order chi connectivity index (χ0) is 26.0. The van der Waals surface area contributed by atoms with Crippen LogP contribution in [0.4, 0.5) is 0 Å². The Balaban J connectivity index is 1.50. The first-order valence-corrected chi connectivity index (χ1v) is 14.1. The van der Waals surface area contributed by atoms with Crippen molar-refractivity contribution in [2.24, 2.45) is 45.8 Å². The molecule has 5 aliphatic rings. The number of carbonyl (C=O) groups excluding carboxylic acids is 1. The van der Waals surface area contributed by atoms with Crippen LogP contribution >= 0.6 is 0 Å². The van der Waals surface area contributed by atoms with E-state index in [9.17, 15) is 14.7 Å². The number of hydrogen-bond acceptors (Lipinski definition) is 5. The highest BCUT2D eigenvalue weighted by molar-refractivity contribution is 5.90. The van der Waals surface area contributed by atoms with Crippen molar-refractivity contribution in [1.29, 1.82) is 0 Å². The molecule has 0 aromatic rings. The number of ether oxygens (including phenoxy) is 2. The third kappa shape index (κ3) is 3.32. The normalized spacial score (nSPS) is 45.5. The molecule has 0 unspecified atom stereocenters. The van der Waals surface area contributed by atoms with E-state index in [4.69, 9.17) is 9.47 Å². The van der Waals surface area contributed by atoms with Crippen molar-refractivity contribution in [3.63, 3.8) is 0 Å². The number of morpholine rings is 1. The first-order valence-electron chi connectivity index (χ1n) is 14.1.